The first-order chi connectivity index (χ1) is 5.83. The van der Waals surface area contributed by atoms with Crippen LogP contribution in [0.2, 0.25) is 0 Å². The van der Waals surface area contributed by atoms with Gasteiger partial charge in [0.05, 0.1) is 6.04 Å². The summed E-state index contributed by atoms with van der Waals surface area (Å²) in [6.07, 6.45) is 4.82. The Morgan fingerprint density at radius 1 is 1.67 bits per heavy atom. The number of hydrogen-bond acceptors (Lipinski definition) is 2. The second-order valence-corrected chi connectivity index (χ2v) is 3.39. The molecule has 66 valence electrons. The molecule has 0 aromatic carbocycles. The third kappa shape index (κ3) is 1.00. The van der Waals surface area contributed by atoms with Crippen LogP contribution in [-0.2, 0) is 4.74 Å². The van der Waals surface area contributed by atoms with Gasteiger partial charge in [-0.25, -0.2) is 4.79 Å². The Morgan fingerprint density at radius 3 is 3.25 bits per heavy atom. The summed E-state index contributed by atoms with van der Waals surface area (Å²) < 4.78 is 4.95. The van der Waals surface area contributed by atoms with Crippen LogP contribution >= 0.6 is 0 Å². The summed E-state index contributed by atoms with van der Waals surface area (Å²) in [5.41, 5.74) is 0. The molecule has 0 radical (unpaired) electrons. The van der Waals surface area contributed by atoms with Crippen molar-refractivity contribution in [1.29, 1.82) is 0 Å². The van der Waals surface area contributed by atoms with Gasteiger partial charge in [0.15, 0.2) is 0 Å². The molecule has 2 fully saturated rings. The Morgan fingerprint density at radius 2 is 2.50 bits per heavy atom. The van der Waals surface area contributed by atoms with Crippen LogP contribution in [0.5, 0.6) is 0 Å². The number of nitrogens with zero attached hydrogens (tertiary/aromatic N) is 1. The van der Waals surface area contributed by atoms with Crippen molar-refractivity contribution in [2.75, 3.05) is 6.61 Å². The molecule has 12 heavy (non-hydrogen) atoms. The Labute approximate surface area is 72.0 Å². The first-order valence-electron chi connectivity index (χ1n) is 4.39. The topological polar surface area (TPSA) is 29.5 Å². The van der Waals surface area contributed by atoms with Gasteiger partial charge in [-0.05, 0) is 19.3 Å². The predicted octanol–water partition coefficient (Wildman–Crippen LogP) is 1.55. The summed E-state index contributed by atoms with van der Waals surface area (Å²) in [6, 6.07) is 0.699. The minimum absolute atomic E-state index is 0.135. The van der Waals surface area contributed by atoms with E-state index in [9.17, 15) is 4.79 Å². The highest BCUT2D eigenvalue weighted by Crippen LogP contribution is 2.31. The lowest BCUT2D eigenvalue weighted by Crippen LogP contribution is -2.34. The molecule has 0 aromatic rings. The molecule has 0 aliphatic carbocycles. The van der Waals surface area contributed by atoms with Gasteiger partial charge in [-0.15, -0.1) is 6.58 Å². The van der Waals surface area contributed by atoms with Gasteiger partial charge in [0, 0.05) is 6.04 Å². The third-order valence-corrected chi connectivity index (χ3v) is 2.67. The van der Waals surface area contributed by atoms with Crippen molar-refractivity contribution in [1.82, 2.24) is 4.90 Å². The van der Waals surface area contributed by atoms with Crippen LogP contribution in [0, 0.1) is 0 Å². The number of fused-ring (bicyclic) bond motifs is 1. The minimum Gasteiger partial charge on any atom is -0.447 e. The van der Waals surface area contributed by atoms with Crippen LogP contribution in [0.1, 0.15) is 19.3 Å². The monoisotopic (exact) mass is 167 g/mol. The van der Waals surface area contributed by atoms with E-state index in [1.807, 2.05) is 11.0 Å². The summed E-state index contributed by atoms with van der Waals surface area (Å²) in [7, 11) is 0. The van der Waals surface area contributed by atoms with Crippen molar-refractivity contribution in [2.45, 2.75) is 31.3 Å². The van der Waals surface area contributed by atoms with Crippen molar-refractivity contribution in [3.05, 3.63) is 12.7 Å². The van der Waals surface area contributed by atoms with E-state index in [2.05, 4.69) is 6.58 Å². The number of cyclic esters (lactones) is 1. The lowest BCUT2D eigenvalue weighted by Gasteiger charge is -2.19. The zero-order valence-corrected chi connectivity index (χ0v) is 7.03. The Kier molecular flexibility index (Phi) is 1.79. The maximum Gasteiger partial charge on any atom is 0.410 e. The van der Waals surface area contributed by atoms with E-state index in [0.29, 0.717) is 18.7 Å². The highest BCUT2D eigenvalue weighted by Gasteiger charge is 2.42. The Bertz CT molecular complexity index is 215. The Balaban J connectivity index is 2.08. The largest absolute Gasteiger partial charge is 0.447 e. The summed E-state index contributed by atoms with van der Waals surface area (Å²) in [5.74, 6) is 0. The van der Waals surface area contributed by atoms with Gasteiger partial charge in [0.2, 0.25) is 0 Å². The van der Waals surface area contributed by atoms with Gasteiger partial charge >= 0.3 is 6.09 Å². The molecule has 2 heterocycles. The Hall–Kier alpha value is -0.990. The molecule has 0 spiro atoms. The van der Waals surface area contributed by atoms with Gasteiger partial charge in [-0.1, -0.05) is 6.08 Å². The van der Waals surface area contributed by atoms with Crippen LogP contribution in [0.3, 0.4) is 0 Å². The number of amides is 1. The van der Waals surface area contributed by atoms with Crippen molar-refractivity contribution < 1.29 is 9.53 Å². The van der Waals surface area contributed by atoms with Crippen LogP contribution in [0.15, 0.2) is 12.7 Å². The molecule has 3 heteroatoms. The van der Waals surface area contributed by atoms with Crippen molar-refractivity contribution >= 4 is 6.09 Å². The van der Waals surface area contributed by atoms with Crippen LogP contribution in [0.4, 0.5) is 4.79 Å². The predicted molar refractivity (Wildman–Crippen MR) is 44.8 cm³/mol. The van der Waals surface area contributed by atoms with Crippen molar-refractivity contribution in [3.63, 3.8) is 0 Å². The van der Waals surface area contributed by atoms with E-state index >= 15 is 0 Å². The smallest absolute Gasteiger partial charge is 0.410 e. The maximum absolute atomic E-state index is 11.2. The minimum atomic E-state index is -0.135. The maximum atomic E-state index is 11.2. The number of carbonyl (C=O) groups excluding carboxylic acids is 1. The van der Waals surface area contributed by atoms with E-state index in [0.717, 1.165) is 19.3 Å². The van der Waals surface area contributed by atoms with Crippen LogP contribution in [0.25, 0.3) is 0 Å². The fourth-order valence-electron chi connectivity index (χ4n) is 2.09. The highest BCUT2D eigenvalue weighted by molar-refractivity contribution is 5.71. The normalized spacial score (nSPS) is 33.3. The number of hydrogen-bond donors (Lipinski definition) is 0. The second-order valence-electron chi connectivity index (χ2n) is 3.39. The van der Waals surface area contributed by atoms with E-state index < -0.39 is 0 Å². The van der Waals surface area contributed by atoms with Crippen molar-refractivity contribution in [2.24, 2.45) is 0 Å². The second kappa shape index (κ2) is 2.81. The number of ether oxygens (including phenoxy) is 1. The molecule has 2 aliphatic heterocycles. The van der Waals surface area contributed by atoms with Gasteiger partial charge in [-0.3, -0.25) is 4.90 Å². The fourth-order valence-corrected chi connectivity index (χ4v) is 2.09. The molecule has 3 nitrogen and oxygen atoms in total. The van der Waals surface area contributed by atoms with E-state index in [1.165, 1.54) is 0 Å². The number of rotatable bonds is 2. The summed E-state index contributed by atoms with van der Waals surface area (Å²) in [4.78, 5) is 13.1. The summed E-state index contributed by atoms with van der Waals surface area (Å²) in [5, 5.41) is 0. The van der Waals surface area contributed by atoms with Gasteiger partial charge in [-0.2, -0.15) is 0 Å². The zero-order chi connectivity index (χ0) is 8.55. The van der Waals surface area contributed by atoms with Crippen molar-refractivity contribution in [3.8, 4) is 0 Å². The average molecular weight is 167 g/mol. The van der Waals surface area contributed by atoms with Crippen LogP contribution in [-0.4, -0.2) is 29.7 Å². The molecule has 1 unspecified atom stereocenters. The lowest BCUT2D eigenvalue weighted by atomic mass is 10.1. The molecule has 2 rings (SSSR count). The molecule has 2 atom stereocenters. The van der Waals surface area contributed by atoms with Gasteiger partial charge < -0.3 is 4.74 Å². The highest BCUT2D eigenvalue weighted by atomic mass is 16.6. The van der Waals surface area contributed by atoms with Gasteiger partial charge in [0.1, 0.15) is 6.61 Å². The van der Waals surface area contributed by atoms with E-state index in [1.54, 1.807) is 0 Å². The first kappa shape index (κ1) is 7.65. The third-order valence-electron chi connectivity index (χ3n) is 2.67. The standard InChI is InChI=1S/C9H13NO2/c1-2-3-7-4-5-8-6-12-9(11)10(7)8/h2,7-8H,1,3-6H2/t7?,8-/m0/s1. The SMILES string of the molecule is C=CCC1CC[C@H]2COC(=O)N12. The summed E-state index contributed by atoms with van der Waals surface area (Å²) in [6.45, 7) is 4.27. The summed E-state index contributed by atoms with van der Waals surface area (Å²) >= 11 is 0. The average Bonchev–Trinajstić information content (AvgIpc) is 2.58. The van der Waals surface area contributed by atoms with Crippen LogP contribution < -0.4 is 0 Å². The molecule has 0 bridgehead atoms. The van der Waals surface area contributed by atoms with Gasteiger partial charge in [0.25, 0.3) is 0 Å². The first-order valence-corrected chi connectivity index (χ1v) is 4.39. The molecule has 0 aromatic heterocycles. The molecule has 0 N–H and O–H groups in total. The lowest BCUT2D eigenvalue weighted by molar-refractivity contribution is 0.150. The van der Waals surface area contributed by atoms with E-state index in [-0.39, 0.29) is 6.09 Å². The molecular formula is C9H13NO2. The molecule has 2 saturated heterocycles. The zero-order valence-electron chi connectivity index (χ0n) is 7.03. The number of carbonyl (C=O) groups is 1. The fraction of sp³-hybridized carbons (Fsp3) is 0.667. The van der Waals surface area contributed by atoms with E-state index in [4.69, 9.17) is 4.74 Å². The quantitative estimate of drug-likeness (QED) is 0.584. The molecule has 1 amide bonds. The molecule has 2 aliphatic rings. The molecule has 0 saturated carbocycles. The molecular weight excluding hydrogens is 154 g/mol.